The van der Waals surface area contributed by atoms with Crippen LogP contribution in [0.1, 0.15) is 57.6 Å². The Bertz CT molecular complexity index is 382. The van der Waals surface area contributed by atoms with Crippen LogP contribution in [-0.2, 0) is 0 Å². The zero-order valence-corrected chi connectivity index (χ0v) is 12.7. The monoisotopic (exact) mass is 278 g/mol. The van der Waals surface area contributed by atoms with Gasteiger partial charge in [-0.05, 0) is 57.4 Å². The Morgan fingerprint density at radius 1 is 1.20 bits per heavy atom. The zero-order chi connectivity index (χ0) is 14.4. The maximum Gasteiger partial charge on any atom is 0.123 e. The fourth-order valence-corrected chi connectivity index (χ4v) is 3.07. The summed E-state index contributed by atoms with van der Waals surface area (Å²) in [6, 6.07) is 8.16. The minimum Gasteiger partial charge on any atom is -0.314 e. The second-order valence-corrected chi connectivity index (χ2v) is 6.08. The second kappa shape index (κ2) is 7.75. The molecule has 2 nitrogen and oxygen atoms in total. The first-order valence-corrected chi connectivity index (χ1v) is 7.90. The molecular formula is C17H27FN2. The molecule has 0 saturated carbocycles. The van der Waals surface area contributed by atoms with Gasteiger partial charge in [-0.15, -0.1) is 0 Å². The molecular weight excluding hydrogens is 251 g/mol. The highest BCUT2D eigenvalue weighted by Gasteiger charge is 2.16. The van der Waals surface area contributed by atoms with E-state index < -0.39 is 0 Å². The van der Waals surface area contributed by atoms with Crippen LogP contribution in [0.25, 0.3) is 0 Å². The quantitative estimate of drug-likeness (QED) is 0.856. The van der Waals surface area contributed by atoms with Gasteiger partial charge in [0.15, 0.2) is 0 Å². The molecule has 0 aliphatic carbocycles. The number of hydrogen-bond acceptors (Lipinski definition) is 2. The van der Waals surface area contributed by atoms with Crippen molar-refractivity contribution >= 4 is 0 Å². The van der Waals surface area contributed by atoms with Gasteiger partial charge in [-0.25, -0.2) is 4.39 Å². The van der Waals surface area contributed by atoms with Crippen LogP contribution in [0.4, 0.5) is 4.39 Å². The van der Waals surface area contributed by atoms with Crippen LogP contribution in [0.15, 0.2) is 24.3 Å². The van der Waals surface area contributed by atoms with Gasteiger partial charge < -0.3 is 10.6 Å². The van der Waals surface area contributed by atoms with Crippen molar-refractivity contribution in [3.8, 4) is 0 Å². The van der Waals surface area contributed by atoms with Crippen molar-refractivity contribution in [2.24, 2.45) is 0 Å². The Hall–Kier alpha value is -0.930. The summed E-state index contributed by atoms with van der Waals surface area (Å²) in [5.41, 5.74) is 1.15. The Morgan fingerprint density at radius 2 is 1.95 bits per heavy atom. The van der Waals surface area contributed by atoms with Gasteiger partial charge in [0.2, 0.25) is 0 Å². The average molecular weight is 278 g/mol. The van der Waals surface area contributed by atoms with E-state index >= 15 is 0 Å². The molecule has 0 spiro atoms. The third kappa shape index (κ3) is 4.88. The van der Waals surface area contributed by atoms with Gasteiger partial charge in [0.25, 0.3) is 0 Å². The van der Waals surface area contributed by atoms with E-state index in [1.807, 2.05) is 12.1 Å². The molecule has 0 radical (unpaired) electrons. The van der Waals surface area contributed by atoms with Crippen LogP contribution in [-0.4, -0.2) is 18.6 Å². The lowest BCUT2D eigenvalue weighted by atomic mass is 10.0. The summed E-state index contributed by atoms with van der Waals surface area (Å²) in [7, 11) is 0. The van der Waals surface area contributed by atoms with Crippen molar-refractivity contribution in [1.82, 2.24) is 10.6 Å². The second-order valence-electron chi connectivity index (χ2n) is 6.08. The van der Waals surface area contributed by atoms with E-state index in [1.54, 1.807) is 0 Å². The van der Waals surface area contributed by atoms with E-state index in [-0.39, 0.29) is 11.9 Å². The number of rotatable bonds is 5. The van der Waals surface area contributed by atoms with Crippen LogP contribution in [0.3, 0.4) is 0 Å². The maximum atomic E-state index is 12.9. The normalized spacial score (nSPS) is 23.1. The molecule has 1 saturated heterocycles. The van der Waals surface area contributed by atoms with Gasteiger partial charge in [-0.2, -0.15) is 0 Å². The molecule has 1 aliphatic heterocycles. The Kier molecular flexibility index (Phi) is 5.99. The van der Waals surface area contributed by atoms with Gasteiger partial charge in [-0.1, -0.05) is 25.0 Å². The van der Waals surface area contributed by atoms with Crippen molar-refractivity contribution in [2.45, 2.75) is 64.1 Å². The average Bonchev–Trinajstić information content (AvgIpc) is 2.68. The highest BCUT2D eigenvalue weighted by molar-refractivity contribution is 5.19. The molecule has 1 aromatic carbocycles. The summed E-state index contributed by atoms with van der Waals surface area (Å²) >= 11 is 0. The molecule has 112 valence electrons. The number of hydrogen-bond donors (Lipinski definition) is 2. The third-order valence-corrected chi connectivity index (χ3v) is 4.20. The molecule has 3 atom stereocenters. The van der Waals surface area contributed by atoms with E-state index in [4.69, 9.17) is 0 Å². The minimum atomic E-state index is -0.170. The van der Waals surface area contributed by atoms with E-state index in [0.717, 1.165) is 18.5 Å². The smallest absolute Gasteiger partial charge is 0.123 e. The van der Waals surface area contributed by atoms with Gasteiger partial charge in [0, 0.05) is 18.1 Å². The van der Waals surface area contributed by atoms with Gasteiger partial charge in [0.1, 0.15) is 5.82 Å². The summed E-state index contributed by atoms with van der Waals surface area (Å²) in [5, 5.41) is 7.26. The SMILES string of the molecule is CC(CC1CCCCCN1)N[C@@H](C)c1ccc(F)cc1. The van der Waals surface area contributed by atoms with Crippen LogP contribution < -0.4 is 10.6 Å². The summed E-state index contributed by atoms with van der Waals surface area (Å²) < 4.78 is 12.9. The number of nitrogens with one attached hydrogen (secondary N) is 2. The topological polar surface area (TPSA) is 24.1 Å². The van der Waals surface area contributed by atoms with E-state index in [1.165, 1.54) is 37.8 Å². The molecule has 3 heteroatoms. The first kappa shape index (κ1) is 15.5. The molecule has 1 fully saturated rings. The van der Waals surface area contributed by atoms with Gasteiger partial charge in [-0.3, -0.25) is 0 Å². The lowest BCUT2D eigenvalue weighted by Gasteiger charge is -2.25. The molecule has 1 aliphatic rings. The fraction of sp³-hybridized carbons (Fsp3) is 0.647. The van der Waals surface area contributed by atoms with E-state index in [0.29, 0.717) is 12.1 Å². The Labute approximate surface area is 122 Å². The summed E-state index contributed by atoms with van der Waals surface area (Å²) in [6.07, 6.45) is 6.46. The highest BCUT2D eigenvalue weighted by atomic mass is 19.1. The largest absolute Gasteiger partial charge is 0.314 e. The van der Waals surface area contributed by atoms with Crippen molar-refractivity contribution < 1.29 is 4.39 Å². The summed E-state index contributed by atoms with van der Waals surface area (Å²) in [6.45, 7) is 5.54. The highest BCUT2D eigenvalue weighted by Crippen LogP contribution is 2.17. The fourth-order valence-electron chi connectivity index (χ4n) is 3.07. The van der Waals surface area contributed by atoms with E-state index in [2.05, 4.69) is 24.5 Å². The molecule has 2 unspecified atom stereocenters. The predicted molar refractivity (Wildman–Crippen MR) is 82.3 cm³/mol. The minimum absolute atomic E-state index is 0.170. The third-order valence-electron chi connectivity index (χ3n) is 4.20. The molecule has 0 amide bonds. The predicted octanol–water partition coefficient (Wildman–Crippen LogP) is 3.79. The maximum absolute atomic E-state index is 12.9. The zero-order valence-electron chi connectivity index (χ0n) is 12.7. The molecule has 0 aromatic heterocycles. The van der Waals surface area contributed by atoms with Crippen molar-refractivity contribution in [3.63, 3.8) is 0 Å². The van der Waals surface area contributed by atoms with Crippen molar-refractivity contribution in [2.75, 3.05) is 6.54 Å². The summed E-state index contributed by atoms with van der Waals surface area (Å²) in [4.78, 5) is 0. The van der Waals surface area contributed by atoms with Gasteiger partial charge in [0.05, 0.1) is 0 Å². The molecule has 20 heavy (non-hydrogen) atoms. The molecule has 0 bridgehead atoms. The first-order valence-electron chi connectivity index (χ1n) is 7.90. The molecule has 1 aromatic rings. The Morgan fingerprint density at radius 3 is 2.70 bits per heavy atom. The number of halogens is 1. The Balaban J connectivity index is 1.80. The number of benzene rings is 1. The molecule has 1 heterocycles. The van der Waals surface area contributed by atoms with Crippen LogP contribution in [0, 0.1) is 5.82 Å². The standard InChI is InChI=1S/C17H27FN2/c1-13(12-17-6-4-3-5-11-19-17)20-14(2)15-7-9-16(18)10-8-15/h7-10,13-14,17,19-20H,3-6,11-12H2,1-2H3/t13?,14-,17?/m0/s1. The van der Waals surface area contributed by atoms with E-state index in [9.17, 15) is 4.39 Å². The lowest BCUT2D eigenvalue weighted by Crippen LogP contribution is -2.37. The first-order chi connectivity index (χ1) is 9.65. The van der Waals surface area contributed by atoms with Crippen LogP contribution >= 0.6 is 0 Å². The van der Waals surface area contributed by atoms with Crippen LogP contribution in [0.2, 0.25) is 0 Å². The van der Waals surface area contributed by atoms with Crippen LogP contribution in [0.5, 0.6) is 0 Å². The lowest BCUT2D eigenvalue weighted by molar-refractivity contribution is 0.380. The van der Waals surface area contributed by atoms with Crippen molar-refractivity contribution in [1.29, 1.82) is 0 Å². The molecule has 2 N–H and O–H groups in total. The van der Waals surface area contributed by atoms with Gasteiger partial charge >= 0.3 is 0 Å². The van der Waals surface area contributed by atoms with Crippen molar-refractivity contribution in [3.05, 3.63) is 35.6 Å². The molecule has 2 rings (SSSR count). The summed E-state index contributed by atoms with van der Waals surface area (Å²) in [5.74, 6) is -0.170.